The molecule has 0 unspecified atom stereocenters. The van der Waals surface area contributed by atoms with E-state index in [4.69, 9.17) is 9.84 Å². The average molecular weight is 270 g/mol. The molecule has 0 aromatic heterocycles. The summed E-state index contributed by atoms with van der Waals surface area (Å²) in [5.74, 6) is 0.207. The topological polar surface area (TPSA) is 79.8 Å². The number of carbonyl (C=O) groups is 1. The molecule has 0 fully saturated rings. The normalized spacial score (nSPS) is 11.2. The number of hydrazine groups is 1. The molecule has 1 atom stereocenters. The van der Waals surface area contributed by atoms with Crippen molar-refractivity contribution in [3.05, 3.63) is 24.3 Å². The van der Waals surface area contributed by atoms with E-state index in [0.717, 1.165) is 0 Å². The number of carbonyl (C=O) groups excluding carboxylic acids is 1. The van der Waals surface area contributed by atoms with E-state index in [-0.39, 0.29) is 10.9 Å². The first-order valence-electron chi connectivity index (χ1n) is 5.12. The molecule has 18 heavy (non-hydrogen) atoms. The minimum absolute atomic E-state index is 0.0557. The summed E-state index contributed by atoms with van der Waals surface area (Å²) >= 11 is 4.69. The van der Waals surface area contributed by atoms with Crippen LogP contribution in [0.3, 0.4) is 0 Å². The molecule has 0 spiro atoms. The number of benzene rings is 1. The number of hydrogen-bond donors (Lipinski definition) is 3. The Kier molecular flexibility index (Phi) is 5.19. The maximum Gasteiger partial charge on any atom is 0.279 e. The van der Waals surface area contributed by atoms with Crippen LogP contribution in [-0.2, 0) is 9.53 Å². The molecule has 98 valence electrons. The molecule has 1 aromatic carbocycles. The predicted octanol–water partition coefficient (Wildman–Crippen LogP) is 0.712. The first-order valence-corrected chi connectivity index (χ1v) is 5.53. The van der Waals surface area contributed by atoms with Crippen LogP contribution in [0.5, 0.6) is 11.5 Å². The predicted molar refractivity (Wildman–Crippen MR) is 69.1 cm³/mol. The maximum atomic E-state index is 11.6. The highest BCUT2D eigenvalue weighted by molar-refractivity contribution is 7.80. The van der Waals surface area contributed by atoms with Gasteiger partial charge in [-0.15, -0.1) is 0 Å². The lowest BCUT2D eigenvalue weighted by Gasteiger charge is -2.15. The van der Waals surface area contributed by atoms with Crippen LogP contribution in [0.4, 0.5) is 0 Å². The second-order valence-electron chi connectivity index (χ2n) is 3.36. The van der Waals surface area contributed by atoms with Crippen LogP contribution in [0.15, 0.2) is 24.3 Å². The number of hydrogen-bond acceptors (Lipinski definition) is 5. The van der Waals surface area contributed by atoms with Crippen LogP contribution >= 0.6 is 12.2 Å². The first kappa shape index (κ1) is 14.0. The zero-order valence-electron chi connectivity index (χ0n) is 9.97. The molecule has 0 heterocycles. The molecule has 0 bridgehead atoms. The van der Waals surface area contributed by atoms with Gasteiger partial charge in [0.1, 0.15) is 11.5 Å². The fourth-order valence-electron chi connectivity index (χ4n) is 1.05. The summed E-state index contributed by atoms with van der Waals surface area (Å²) in [5.41, 5.74) is 4.73. The van der Waals surface area contributed by atoms with Gasteiger partial charge in [-0.25, -0.2) is 0 Å². The molecule has 0 saturated carbocycles. The van der Waals surface area contributed by atoms with Gasteiger partial charge in [0.2, 0.25) is 0 Å². The van der Waals surface area contributed by atoms with E-state index in [1.165, 1.54) is 19.2 Å². The van der Waals surface area contributed by atoms with E-state index in [1.807, 2.05) is 0 Å². The van der Waals surface area contributed by atoms with E-state index in [1.54, 1.807) is 19.1 Å². The number of aromatic hydroxyl groups is 1. The molecule has 3 N–H and O–H groups in total. The van der Waals surface area contributed by atoms with E-state index in [2.05, 4.69) is 27.8 Å². The molecule has 0 saturated heterocycles. The van der Waals surface area contributed by atoms with E-state index < -0.39 is 12.0 Å². The molecular weight excluding hydrogens is 256 g/mol. The van der Waals surface area contributed by atoms with Crippen molar-refractivity contribution in [1.29, 1.82) is 0 Å². The van der Waals surface area contributed by atoms with Crippen molar-refractivity contribution in [1.82, 2.24) is 10.9 Å². The summed E-state index contributed by atoms with van der Waals surface area (Å²) in [6.07, 6.45) is -0.721. The Bertz CT molecular complexity index is 422. The van der Waals surface area contributed by atoms with Gasteiger partial charge in [-0.2, -0.15) is 0 Å². The third kappa shape index (κ3) is 4.46. The highest BCUT2D eigenvalue weighted by Gasteiger charge is 2.14. The van der Waals surface area contributed by atoms with Crippen molar-refractivity contribution >= 4 is 23.3 Å². The van der Waals surface area contributed by atoms with Crippen molar-refractivity contribution in [2.24, 2.45) is 0 Å². The van der Waals surface area contributed by atoms with Crippen molar-refractivity contribution in [3.8, 4) is 11.5 Å². The molecule has 0 radical (unpaired) electrons. The second-order valence-corrected chi connectivity index (χ2v) is 3.73. The van der Waals surface area contributed by atoms with E-state index in [9.17, 15) is 4.79 Å². The second kappa shape index (κ2) is 6.65. The lowest BCUT2D eigenvalue weighted by molar-refractivity contribution is -0.127. The van der Waals surface area contributed by atoms with Crippen LogP contribution in [-0.4, -0.2) is 29.4 Å². The largest absolute Gasteiger partial charge is 0.508 e. The Morgan fingerprint density at radius 1 is 1.33 bits per heavy atom. The van der Waals surface area contributed by atoms with Crippen molar-refractivity contribution in [2.45, 2.75) is 13.0 Å². The van der Waals surface area contributed by atoms with Gasteiger partial charge < -0.3 is 14.6 Å². The highest BCUT2D eigenvalue weighted by Crippen LogP contribution is 2.16. The summed E-state index contributed by atoms with van der Waals surface area (Å²) in [4.78, 5) is 11.6. The number of phenols is 1. The van der Waals surface area contributed by atoms with Gasteiger partial charge in [-0.1, -0.05) is 0 Å². The molecule has 1 aromatic rings. The van der Waals surface area contributed by atoms with E-state index >= 15 is 0 Å². The Balaban J connectivity index is 2.44. The first-order chi connectivity index (χ1) is 8.52. The fourth-order valence-corrected chi connectivity index (χ4v) is 1.10. The van der Waals surface area contributed by atoms with Crippen LogP contribution < -0.4 is 15.6 Å². The number of rotatable bonds is 3. The van der Waals surface area contributed by atoms with E-state index in [0.29, 0.717) is 5.75 Å². The van der Waals surface area contributed by atoms with Gasteiger partial charge in [0.25, 0.3) is 11.1 Å². The number of thiocarbonyl (C=S) groups is 1. The molecule has 6 nitrogen and oxygen atoms in total. The Hall–Kier alpha value is -2.02. The van der Waals surface area contributed by atoms with Crippen LogP contribution in [0, 0.1) is 0 Å². The molecule has 0 aliphatic carbocycles. The lowest BCUT2D eigenvalue weighted by Crippen LogP contribution is -2.47. The van der Waals surface area contributed by atoms with Crippen LogP contribution in [0.2, 0.25) is 0 Å². The van der Waals surface area contributed by atoms with Gasteiger partial charge in [0.05, 0.1) is 7.11 Å². The van der Waals surface area contributed by atoms with Crippen molar-refractivity contribution in [2.75, 3.05) is 7.11 Å². The average Bonchev–Trinajstić information content (AvgIpc) is 2.38. The molecule has 7 heteroatoms. The summed E-state index contributed by atoms with van der Waals surface area (Å²) < 4.78 is 10.00. The number of methoxy groups -OCH3 is 1. The van der Waals surface area contributed by atoms with Crippen LogP contribution in [0.1, 0.15) is 6.92 Å². The maximum absolute atomic E-state index is 11.6. The summed E-state index contributed by atoms with van der Waals surface area (Å²) in [7, 11) is 1.39. The molecular formula is C11H14N2O4S. The monoisotopic (exact) mass is 270 g/mol. The minimum Gasteiger partial charge on any atom is -0.508 e. The minimum atomic E-state index is -0.721. The molecule has 1 rings (SSSR count). The Labute approximate surface area is 110 Å². The van der Waals surface area contributed by atoms with Crippen molar-refractivity contribution < 1.29 is 19.4 Å². The number of phenolic OH excluding ortho intramolecular Hbond substituents is 1. The molecule has 1 amide bonds. The fraction of sp³-hybridized carbons (Fsp3) is 0.273. The lowest BCUT2D eigenvalue weighted by atomic mass is 10.3. The number of nitrogens with one attached hydrogen (secondary N) is 2. The smallest absolute Gasteiger partial charge is 0.279 e. The third-order valence-corrected chi connectivity index (χ3v) is 2.26. The number of ether oxygens (including phenoxy) is 2. The Morgan fingerprint density at radius 3 is 2.50 bits per heavy atom. The van der Waals surface area contributed by atoms with Gasteiger partial charge >= 0.3 is 0 Å². The van der Waals surface area contributed by atoms with Gasteiger partial charge in [-0.05, 0) is 43.4 Å². The van der Waals surface area contributed by atoms with Gasteiger partial charge in [0.15, 0.2) is 6.10 Å². The molecule has 0 aliphatic heterocycles. The SMILES string of the molecule is COC(=S)NNC(=O)[C@@H](C)Oc1ccc(O)cc1. The summed E-state index contributed by atoms with van der Waals surface area (Å²) in [5, 5.41) is 9.16. The van der Waals surface area contributed by atoms with Crippen molar-refractivity contribution in [3.63, 3.8) is 0 Å². The third-order valence-electron chi connectivity index (χ3n) is 1.99. The standard InChI is InChI=1S/C11H14N2O4S/c1-7(10(15)12-13-11(18)16-2)17-9-5-3-8(14)4-6-9/h3-7,14H,1-2H3,(H,12,15)(H,13,18)/t7-/m1/s1. The summed E-state index contributed by atoms with van der Waals surface area (Å²) in [6.45, 7) is 1.58. The molecule has 0 aliphatic rings. The zero-order valence-corrected chi connectivity index (χ0v) is 10.8. The number of amides is 1. The van der Waals surface area contributed by atoms with Crippen LogP contribution in [0.25, 0.3) is 0 Å². The van der Waals surface area contributed by atoms with Gasteiger partial charge in [-0.3, -0.25) is 15.6 Å². The Morgan fingerprint density at radius 2 is 1.94 bits per heavy atom. The quantitative estimate of drug-likeness (QED) is 0.554. The zero-order chi connectivity index (χ0) is 13.5. The van der Waals surface area contributed by atoms with Gasteiger partial charge in [0, 0.05) is 0 Å². The summed E-state index contributed by atoms with van der Waals surface area (Å²) in [6, 6.07) is 6.06. The highest BCUT2D eigenvalue weighted by atomic mass is 32.1.